The predicted molar refractivity (Wildman–Crippen MR) is 65.4 cm³/mol. The summed E-state index contributed by atoms with van der Waals surface area (Å²) in [5.41, 5.74) is 1.18. The first kappa shape index (κ1) is 14.0. The molecule has 1 N–H and O–H groups in total. The third kappa shape index (κ3) is 6.94. The molecule has 4 heteroatoms. The van der Waals surface area contributed by atoms with E-state index in [0.29, 0.717) is 33.0 Å². The van der Waals surface area contributed by atoms with Crippen molar-refractivity contribution in [1.82, 2.24) is 0 Å². The Morgan fingerprint density at radius 1 is 1.00 bits per heavy atom. The molecule has 0 saturated carbocycles. The van der Waals surface area contributed by atoms with Crippen LogP contribution in [0.25, 0.3) is 0 Å². The highest BCUT2D eigenvalue weighted by atomic mass is 16.5. The Balaban J connectivity index is 1.97. The number of aliphatic hydroxyl groups excluding tert-OH is 1. The second-order valence-electron chi connectivity index (χ2n) is 3.61. The van der Waals surface area contributed by atoms with Crippen LogP contribution < -0.4 is 4.74 Å². The summed E-state index contributed by atoms with van der Waals surface area (Å²) in [7, 11) is 0. The maximum absolute atomic E-state index is 8.47. The van der Waals surface area contributed by atoms with E-state index < -0.39 is 0 Å². The number of hydrogen-bond acceptors (Lipinski definition) is 4. The summed E-state index contributed by atoms with van der Waals surface area (Å²) in [6, 6.07) is 7.91. The van der Waals surface area contributed by atoms with Crippen molar-refractivity contribution in [3.63, 3.8) is 0 Å². The molecule has 0 atom stereocenters. The smallest absolute Gasteiger partial charge is 0.119 e. The SMILES string of the molecule is Cc1cccc(OCCOCCOCCO)c1. The average molecular weight is 240 g/mol. The topological polar surface area (TPSA) is 47.9 Å². The molecule has 0 aliphatic rings. The van der Waals surface area contributed by atoms with Crippen LogP contribution in [-0.2, 0) is 9.47 Å². The third-order valence-electron chi connectivity index (χ3n) is 2.09. The van der Waals surface area contributed by atoms with Crippen molar-refractivity contribution < 1.29 is 19.3 Å². The van der Waals surface area contributed by atoms with E-state index in [9.17, 15) is 0 Å². The molecule has 0 unspecified atom stereocenters. The van der Waals surface area contributed by atoms with Gasteiger partial charge >= 0.3 is 0 Å². The van der Waals surface area contributed by atoms with Gasteiger partial charge in [-0.15, -0.1) is 0 Å². The van der Waals surface area contributed by atoms with Gasteiger partial charge in [0, 0.05) is 0 Å². The fourth-order valence-electron chi connectivity index (χ4n) is 1.31. The van der Waals surface area contributed by atoms with E-state index in [4.69, 9.17) is 19.3 Å². The number of rotatable bonds is 9. The molecule has 0 aliphatic carbocycles. The Morgan fingerprint density at radius 3 is 2.41 bits per heavy atom. The molecule has 0 aromatic heterocycles. The second-order valence-corrected chi connectivity index (χ2v) is 3.61. The molecule has 0 radical (unpaired) electrons. The van der Waals surface area contributed by atoms with Gasteiger partial charge in [-0.1, -0.05) is 12.1 Å². The average Bonchev–Trinajstić information content (AvgIpc) is 2.33. The van der Waals surface area contributed by atoms with Crippen LogP contribution in [0.15, 0.2) is 24.3 Å². The molecule has 1 aromatic carbocycles. The molecular weight excluding hydrogens is 220 g/mol. The Morgan fingerprint density at radius 2 is 1.71 bits per heavy atom. The number of benzene rings is 1. The van der Waals surface area contributed by atoms with Crippen LogP contribution in [0.5, 0.6) is 5.75 Å². The number of ether oxygens (including phenoxy) is 3. The first-order valence-electron chi connectivity index (χ1n) is 5.79. The van der Waals surface area contributed by atoms with E-state index in [2.05, 4.69) is 0 Å². The molecule has 0 aliphatic heterocycles. The zero-order valence-corrected chi connectivity index (χ0v) is 10.2. The van der Waals surface area contributed by atoms with Crippen molar-refractivity contribution in [2.24, 2.45) is 0 Å². The third-order valence-corrected chi connectivity index (χ3v) is 2.09. The normalized spacial score (nSPS) is 10.5. The van der Waals surface area contributed by atoms with Gasteiger partial charge in [0.05, 0.1) is 33.0 Å². The first-order valence-corrected chi connectivity index (χ1v) is 5.79. The van der Waals surface area contributed by atoms with Gasteiger partial charge in [0.2, 0.25) is 0 Å². The van der Waals surface area contributed by atoms with E-state index in [1.807, 2.05) is 31.2 Å². The van der Waals surface area contributed by atoms with Crippen LogP contribution in [0.1, 0.15) is 5.56 Å². The van der Waals surface area contributed by atoms with Crippen molar-refractivity contribution in [3.05, 3.63) is 29.8 Å². The quantitative estimate of drug-likeness (QED) is 0.663. The minimum absolute atomic E-state index is 0.0521. The van der Waals surface area contributed by atoms with Gasteiger partial charge in [0.15, 0.2) is 0 Å². The van der Waals surface area contributed by atoms with Gasteiger partial charge in [-0.25, -0.2) is 0 Å². The van der Waals surface area contributed by atoms with E-state index in [1.54, 1.807) is 0 Å². The fourth-order valence-corrected chi connectivity index (χ4v) is 1.31. The molecule has 0 saturated heterocycles. The molecule has 0 spiro atoms. The van der Waals surface area contributed by atoms with Crippen molar-refractivity contribution in [2.45, 2.75) is 6.92 Å². The molecular formula is C13H20O4. The summed E-state index contributed by atoms with van der Waals surface area (Å²) in [4.78, 5) is 0. The summed E-state index contributed by atoms with van der Waals surface area (Å²) in [6.07, 6.45) is 0. The lowest BCUT2D eigenvalue weighted by Gasteiger charge is -2.07. The van der Waals surface area contributed by atoms with Gasteiger partial charge in [0.1, 0.15) is 12.4 Å². The van der Waals surface area contributed by atoms with E-state index in [1.165, 1.54) is 5.56 Å². The highest BCUT2D eigenvalue weighted by Gasteiger charge is 1.94. The molecule has 0 heterocycles. The summed E-state index contributed by atoms with van der Waals surface area (Å²) in [6.45, 7) is 4.55. The van der Waals surface area contributed by atoms with Gasteiger partial charge in [-0.2, -0.15) is 0 Å². The van der Waals surface area contributed by atoms with Crippen LogP contribution in [0, 0.1) is 6.92 Å². The molecule has 96 valence electrons. The number of aryl methyl sites for hydroxylation is 1. The lowest BCUT2D eigenvalue weighted by atomic mass is 10.2. The largest absolute Gasteiger partial charge is 0.491 e. The van der Waals surface area contributed by atoms with Crippen LogP contribution in [0.3, 0.4) is 0 Å². The van der Waals surface area contributed by atoms with Crippen molar-refractivity contribution >= 4 is 0 Å². The van der Waals surface area contributed by atoms with Crippen molar-refractivity contribution in [1.29, 1.82) is 0 Å². The van der Waals surface area contributed by atoms with Crippen LogP contribution in [0.4, 0.5) is 0 Å². The molecule has 1 aromatic rings. The Hall–Kier alpha value is -1.10. The van der Waals surface area contributed by atoms with E-state index in [0.717, 1.165) is 5.75 Å². The summed E-state index contributed by atoms with van der Waals surface area (Å²) in [5.74, 6) is 0.866. The standard InChI is InChI=1S/C13H20O4/c1-12-3-2-4-13(11-12)17-10-9-16-8-7-15-6-5-14/h2-4,11,14H,5-10H2,1H3. The fraction of sp³-hybridized carbons (Fsp3) is 0.538. The van der Waals surface area contributed by atoms with Crippen molar-refractivity contribution in [2.75, 3.05) is 39.6 Å². The lowest BCUT2D eigenvalue weighted by molar-refractivity contribution is 0.0247. The summed E-state index contributed by atoms with van der Waals surface area (Å²) >= 11 is 0. The minimum atomic E-state index is 0.0521. The molecule has 1 rings (SSSR count). The van der Waals surface area contributed by atoms with Crippen LogP contribution in [0.2, 0.25) is 0 Å². The Kier molecular flexibility index (Phi) is 7.38. The van der Waals surface area contributed by atoms with Crippen LogP contribution >= 0.6 is 0 Å². The molecule has 0 amide bonds. The van der Waals surface area contributed by atoms with Gasteiger partial charge in [-0.05, 0) is 24.6 Å². The van der Waals surface area contributed by atoms with Gasteiger partial charge < -0.3 is 19.3 Å². The van der Waals surface area contributed by atoms with Crippen molar-refractivity contribution in [3.8, 4) is 5.75 Å². The first-order chi connectivity index (χ1) is 8.33. The zero-order valence-electron chi connectivity index (χ0n) is 10.2. The lowest BCUT2D eigenvalue weighted by Crippen LogP contribution is -2.11. The highest BCUT2D eigenvalue weighted by molar-refractivity contribution is 5.27. The minimum Gasteiger partial charge on any atom is -0.491 e. The second kappa shape index (κ2) is 8.98. The Labute approximate surface area is 102 Å². The van der Waals surface area contributed by atoms with Gasteiger partial charge in [-0.3, -0.25) is 0 Å². The molecule has 0 bridgehead atoms. The molecule has 0 fully saturated rings. The van der Waals surface area contributed by atoms with E-state index in [-0.39, 0.29) is 6.61 Å². The van der Waals surface area contributed by atoms with Crippen LogP contribution in [-0.4, -0.2) is 44.7 Å². The number of hydrogen-bond donors (Lipinski definition) is 1. The zero-order chi connectivity index (χ0) is 12.3. The monoisotopic (exact) mass is 240 g/mol. The molecule has 17 heavy (non-hydrogen) atoms. The maximum atomic E-state index is 8.47. The van der Waals surface area contributed by atoms with E-state index >= 15 is 0 Å². The molecule has 4 nitrogen and oxygen atoms in total. The summed E-state index contributed by atoms with van der Waals surface area (Å²) in [5, 5.41) is 8.47. The summed E-state index contributed by atoms with van der Waals surface area (Å²) < 4.78 is 15.9. The maximum Gasteiger partial charge on any atom is 0.119 e. The number of aliphatic hydroxyl groups is 1. The Bertz CT molecular complexity index is 301. The van der Waals surface area contributed by atoms with Gasteiger partial charge in [0.25, 0.3) is 0 Å². The highest BCUT2D eigenvalue weighted by Crippen LogP contribution is 2.11. The predicted octanol–water partition coefficient (Wildman–Crippen LogP) is 1.40.